The summed E-state index contributed by atoms with van der Waals surface area (Å²) in [6.45, 7) is 0. The first-order chi connectivity index (χ1) is 4.86. The van der Waals surface area contributed by atoms with E-state index < -0.39 is 0 Å². The third-order valence-electron chi connectivity index (χ3n) is 1.55. The predicted molar refractivity (Wildman–Crippen MR) is 49.1 cm³/mol. The Morgan fingerprint density at radius 3 is 2.50 bits per heavy atom. The van der Waals surface area contributed by atoms with Crippen LogP contribution in [0.25, 0.3) is 10.9 Å². The molecule has 0 saturated heterocycles. The molecule has 2 aromatic rings. The van der Waals surface area contributed by atoms with Gasteiger partial charge in [0.1, 0.15) is 5.82 Å². The van der Waals surface area contributed by atoms with Crippen molar-refractivity contribution in [2.24, 2.45) is 0 Å². The van der Waals surface area contributed by atoms with Gasteiger partial charge >= 0.3 is 0 Å². The van der Waals surface area contributed by atoms with Gasteiger partial charge in [0, 0.05) is 51.7 Å². The molecule has 0 aliphatic carbocycles. The number of para-hydroxylation sites is 1. The predicted octanol–water partition coefficient (Wildman–Crippen LogP) is 2.20. The summed E-state index contributed by atoms with van der Waals surface area (Å²) < 4.78 is 0. The van der Waals surface area contributed by atoms with E-state index in [2.05, 4.69) is 4.98 Å². The number of hydrogen-bond acceptors (Lipinski definition) is 1. The number of aromatic amines is 1. The van der Waals surface area contributed by atoms with Crippen molar-refractivity contribution in [2.45, 2.75) is 0 Å². The third-order valence-corrected chi connectivity index (χ3v) is 1.55. The Bertz CT molecular complexity index is 321. The van der Waals surface area contributed by atoms with Crippen molar-refractivity contribution < 1.29 is 40.8 Å². The molecule has 0 aliphatic rings. The van der Waals surface area contributed by atoms with Gasteiger partial charge in [0.2, 0.25) is 0 Å². The van der Waals surface area contributed by atoms with E-state index in [1.807, 2.05) is 30.3 Å². The fourth-order valence-electron chi connectivity index (χ4n) is 1.10. The summed E-state index contributed by atoms with van der Waals surface area (Å²) in [5, 5.41) is 1.17. The number of H-pyrrole nitrogens is 1. The van der Waals surface area contributed by atoms with Crippen LogP contribution in [0.1, 0.15) is 0 Å². The molecule has 1 aromatic heterocycles. The van der Waals surface area contributed by atoms with E-state index in [4.69, 9.17) is 5.73 Å². The summed E-state index contributed by atoms with van der Waals surface area (Å²) in [4.78, 5) is 3.04. The number of anilines is 1. The maximum atomic E-state index is 5.54. The number of nitrogens with one attached hydrogen (secondary N) is 1. The van der Waals surface area contributed by atoms with Crippen molar-refractivity contribution in [1.29, 1.82) is 0 Å². The van der Waals surface area contributed by atoms with E-state index in [1.54, 1.807) is 0 Å². The number of aromatic nitrogens is 1. The van der Waals surface area contributed by atoms with E-state index in [-0.39, 0.29) is 48.3 Å². The first-order valence-electron chi connectivity index (χ1n) is 3.19. The maximum Gasteiger partial charge on any atom is 0.101 e. The minimum atomic E-state index is 0. The third kappa shape index (κ3) is 2.20. The second kappa shape index (κ2) is 4.82. The zero-order valence-corrected chi connectivity index (χ0v) is 10.2. The van der Waals surface area contributed by atoms with Crippen LogP contribution < -0.4 is 5.73 Å². The smallest absolute Gasteiger partial charge is 0.101 e. The van der Waals surface area contributed by atoms with Crippen LogP contribution >= 0.6 is 0 Å². The van der Waals surface area contributed by atoms with Crippen LogP contribution in [0.15, 0.2) is 30.3 Å². The molecule has 0 aliphatic heterocycles. The first kappa shape index (κ1) is 11.9. The van der Waals surface area contributed by atoms with Crippen molar-refractivity contribution in [3.05, 3.63) is 37.8 Å². The second-order valence-electron chi connectivity index (χ2n) is 2.31. The molecule has 0 saturated carbocycles. The second-order valence-corrected chi connectivity index (χ2v) is 2.31. The van der Waals surface area contributed by atoms with Gasteiger partial charge in [-0.25, -0.2) is 0 Å². The largest absolute Gasteiger partial charge is 0.385 e. The van der Waals surface area contributed by atoms with Gasteiger partial charge in [0.05, 0.1) is 0 Å². The first-order valence-corrected chi connectivity index (χ1v) is 3.19. The summed E-state index contributed by atoms with van der Waals surface area (Å²) in [6, 6.07) is 9.94. The van der Waals surface area contributed by atoms with Crippen molar-refractivity contribution in [3.63, 3.8) is 0 Å². The minimum Gasteiger partial charge on any atom is -0.385 e. The Hall–Kier alpha value is -0.0894. The minimum absolute atomic E-state index is 0. The van der Waals surface area contributed by atoms with Crippen LogP contribution in [-0.2, 0) is 0 Å². The molecule has 12 heavy (non-hydrogen) atoms. The number of nitrogens with two attached hydrogens (primary N) is 1. The Morgan fingerprint density at radius 2 is 1.83 bits per heavy atom. The molecule has 1 heterocycles. The van der Waals surface area contributed by atoms with Gasteiger partial charge in [-0.3, -0.25) is 0 Å². The van der Waals surface area contributed by atoms with Crippen LogP contribution in [0.5, 0.6) is 0 Å². The Kier molecular flexibility index (Phi) is 4.78. The van der Waals surface area contributed by atoms with Crippen molar-refractivity contribution >= 4 is 16.7 Å². The molecular weight excluding hydrogens is 280 g/mol. The van der Waals surface area contributed by atoms with Gasteiger partial charge < -0.3 is 18.1 Å². The molecule has 0 spiro atoms. The molecule has 1 aromatic carbocycles. The van der Waals surface area contributed by atoms with E-state index in [1.165, 1.54) is 5.39 Å². The van der Waals surface area contributed by atoms with Crippen LogP contribution in [0, 0.1) is 48.3 Å². The quantitative estimate of drug-likeness (QED) is 0.718. The molecule has 0 amide bonds. The van der Waals surface area contributed by atoms with Crippen LogP contribution in [0.2, 0.25) is 0 Å². The molecule has 0 bridgehead atoms. The Labute approximate surface area is 105 Å². The Morgan fingerprint density at radius 1 is 1.17 bits per heavy atom. The summed E-state index contributed by atoms with van der Waals surface area (Å²) in [7, 11) is 0. The maximum absolute atomic E-state index is 5.54. The molecule has 0 atom stereocenters. The number of rotatable bonds is 0. The molecular formula is C9H11N2Nd-. The molecule has 0 radical (unpaired) electrons. The fraction of sp³-hybridized carbons (Fsp3) is 0. The molecule has 3 N–H and O–H groups in total. The average Bonchev–Trinajstić information content (AvgIpc) is 2.27. The van der Waals surface area contributed by atoms with E-state index in [0.29, 0.717) is 0 Å². The van der Waals surface area contributed by atoms with E-state index >= 15 is 0 Å². The summed E-state index contributed by atoms with van der Waals surface area (Å²) >= 11 is 0. The van der Waals surface area contributed by atoms with Gasteiger partial charge in [-0.15, -0.1) is 0 Å². The normalized spacial score (nSPS) is 8.67. The molecule has 2 nitrogen and oxygen atoms in total. The zero-order valence-electron chi connectivity index (χ0n) is 6.96. The Balaban J connectivity index is 0.000000605. The fourth-order valence-corrected chi connectivity index (χ4v) is 1.10. The number of nitrogen functional groups attached to an aromatic ring is 1. The number of hydrogen-bond donors (Lipinski definition) is 2. The summed E-state index contributed by atoms with van der Waals surface area (Å²) in [6.07, 6.45) is 0. The van der Waals surface area contributed by atoms with Crippen molar-refractivity contribution in [3.8, 4) is 0 Å². The van der Waals surface area contributed by atoms with Crippen LogP contribution in [-0.4, -0.2) is 4.98 Å². The van der Waals surface area contributed by atoms with Crippen LogP contribution in [0.4, 0.5) is 5.82 Å². The molecule has 3 heteroatoms. The zero-order chi connectivity index (χ0) is 6.97. The number of fused-ring (bicyclic) bond motifs is 1. The molecule has 62 valence electrons. The summed E-state index contributed by atoms with van der Waals surface area (Å²) in [5.74, 6) is 0.723. The molecule has 0 fully saturated rings. The molecule has 0 unspecified atom stereocenters. The van der Waals surface area contributed by atoms with Gasteiger partial charge in [-0.05, 0) is 12.1 Å². The number of benzene rings is 1. The topological polar surface area (TPSA) is 41.8 Å². The average molecular weight is 291 g/mol. The van der Waals surface area contributed by atoms with E-state index in [0.717, 1.165) is 11.3 Å². The van der Waals surface area contributed by atoms with Gasteiger partial charge in [0.15, 0.2) is 0 Å². The van der Waals surface area contributed by atoms with Crippen LogP contribution in [0.3, 0.4) is 0 Å². The van der Waals surface area contributed by atoms with E-state index in [9.17, 15) is 0 Å². The van der Waals surface area contributed by atoms with Gasteiger partial charge in [-0.1, -0.05) is 18.2 Å². The van der Waals surface area contributed by atoms with Gasteiger partial charge in [0.25, 0.3) is 0 Å². The van der Waals surface area contributed by atoms with Crippen molar-refractivity contribution in [1.82, 2.24) is 4.98 Å². The SMILES string of the molecule is Nc1cc2ccccc2[nH]1.[CH3-].[Nd]. The summed E-state index contributed by atoms with van der Waals surface area (Å²) in [5.41, 5.74) is 6.63. The monoisotopic (exact) mass is 289 g/mol. The standard InChI is InChI=1S/C8H8N2.CH3.Nd/c9-8-5-6-3-1-2-4-7(6)10-8;;/h1-5,10H,9H2;1H3;/q;-1;. The van der Waals surface area contributed by atoms with Gasteiger partial charge in [-0.2, -0.15) is 0 Å². The van der Waals surface area contributed by atoms with Crippen molar-refractivity contribution in [2.75, 3.05) is 5.73 Å². The molecule has 2 rings (SSSR count).